The van der Waals surface area contributed by atoms with E-state index in [1.807, 2.05) is 0 Å². The molecule has 1 aliphatic carbocycles. The molecule has 2 rings (SSSR count). The predicted octanol–water partition coefficient (Wildman–Crippen LogP) is 6.43. The highest BCUT2D eigenvalue weighted by molar-refractivity contribution is 8.13. The van der Waals surface area contributed by atoms with Crippen molar-refractivity contribution in [3.63, 3.8) is 0 Å². The van der Waals surface area contributed by atoms with Crippen molar-refractivity contribution in [2.75, 3.05) is 6.26 Å². The highest BCUT2D eigenvalue weighted by Gasteiger charge is 2.27. The average Bonchev–Trinajstić information content (AvgIpc) is 2.51. The lowest BCUT2D eigenvalue weighted by molar-refractivity contribution is 0.423. The van der Waals surface area contributed by atoms with Gasteiger partial charge in [-0.2, -0.15) is 0 Å². The topological polar surface area (TPSA) is 32.6 Å². The molecule has 0 heterocycles. The average molecular weight is 362 g/mol. The lowest BCUT2D eigenvalue weighted by atomic mass is 9.78. The summed E-state index contributed by atoms with van der Waals surface area (Å²) in [6.07, 6.45) is 8.47. The number of aromatic hydroxyl groups is 1. The fraction of sp³-hybridized carbons (Fsp3) is 0.682. The Kier molecular flexibility index (Phi) is 6.30. The van der Waals surface area contributed by atoms with Gasteiger partial charge in [0.25, 0.3) is 0 Å². The molecule has 140 valence electrons. The molecule has 2 nitrogen and oxygen atoms in total. The zero-order valence-electron chi connectivity index (χ0n) is 17.1. The van der Waals surface area contributed by atoms with Crippen molar-refractivity contribution in [3.8, 4) is 5.75 Å². The maximum Gasteiger partial charge on any atom is 0.123 e. The molecule has 0 aliphatic heterocycles. The van der Waals surface area contributed by atoms with Gasteiger partial charge in [-0.05, 0) is 42.1 Å². The van der Waals surface area contributed by atoms with E-state index < -0.39 is 0 Å². The quantitative estimate of drug-likeness (QED) is 0.486. The van der Waals surface area contributed by atoms with Gasteiger partial charge >= 0.3 is 0 Å². The second kappa shape index (κ2) is 7.73. The van der Waals surface area contributed by atoms with Crippen LogP contribution in [0.15, 0.2) is 17.1 Å². The van der Waals surface area contributed by atoms with E-state index in [0.717, 1.165) is 21.7 Å². The van der Waals surface area contributed by atoms with E-state index in [1.165, 1.54) is 32.1 Å². The van der Waals surface area contributed by atoms with Crippen molar-refractivity contribution >= 4 is 16.8 Å². The largest absolute Gasteiger partial charge is 0.507 e. The lowest BCUT2D eigenvalue weighted by Crippen LogP contribution is -2.19. The number of nitrogens with zero attached hydrogens (tertiary/aromatic N) is 1. The molecule has 0 saturated heterocycles. The zero-order chi connectivity index (χ0) is 18.8. The van der Waals surface area contributed by atoms with Crippen LogP contribution in [0.4, 0.5) is 0 Å². The summed E-state index contributed by atoms with van der Waals surface area (Å²) in [4.78, 5) is 5.10. The van der Waals surface area contributed by atoms with Crippen LogP contribution in [0.1, 0.15) is 90.3 Å². The fourth-order valence-corrected chi connectivity index (χ4v) is 4.13. The first kappa shape index (κ1) is 20.4. The molecular weight excluding hydrogens is 326 g/mol. The van der Waals surface area contributed by atoms with Crippen molar-refractivity contribution in [1.29, 1.82) is 0 Å². The van der Waals surface area contributed by atoms with Crippen LogP contribution in [0.5, 0.6) is 5.75 Å². The molecule has 0 amide bonds. The number of phenols is 1. The molecule has 1 N–H and O–H groups in total. The molecular formula is C22H35NOS. The van der Waals surface area contributed by atoms with Crippen LogP contribution in [0.25, 0.3) is 0 Å². The van der Waals surface area contributed by atoms with E-state index in [0.29, 0.717) is 11.8 Å². The zero-order valence-corrected chi connectivity index (χ0v) is 17.9. The smallest absolute Gasteiger partial charge is 0.123 e. The van der Waals surface area contributed by atoms with E-state index in [2.05, 4.69) is 59.9 Å². The van der Waals surface area contributed by atoms with Gasteiger partial charge in [0, 0.05) is 16.7 Å². The summed E-state index contributed by atoms with van der Waals surface area (Å²) < 4.78 is 0. The SMILES string of the molecule is CSC(=NC1CCCCC1)c1cc(C(C)(C)C)c(O)c(C(C)(C)C)c1. The van der Waals surface area contributed by atoms with Crippen LogP contribution in [0.3, 0.4) is 0 Å². The van der Waals surface area contributed by atoms with E-state index in [4.69, 9.17) is 4.99 Å². The van der Waals surface area contributed by atoms with Gasteiger partial charge in [-0.15, -0.1) is 11.8 Å². The Labute approximate surface area is 158 Å². The van der Waals surface area contributed by atoms with E-state index in [1.54, 1.807) is 11.8 Å². The maximum absolute atomic E-state index is 10.9. The summed E-state index contributed by atoms with van der Waals surface area (Å²) >= 11 is 1.73. The first-order valence-electron chi connectivity index (χ1n) is 9.54. The van der Waals surface area contributed by atoms with E-state index >= 15 is 0 Å². The molecule has 0 atom stereocenters. The first-order valence-corrected chi connectivity index (χ1v) is 10.8. The number of aliphatic imine (C=N–C) groups is 1. The van der Waals surface area contributed by atoms with Crippen LogP contribution < -0.4 is 0 Å². The van der Waals surface area contributed by atoms with Crippen LogP contribution in [-0.4, -0.2) is 22.4 Å². The van der Waals surface area contributed by atoms with Crippen molar-refractivity contribution in [3.05, 3.63) is 28.8 Å². The van der Waals surface area contributed by atoms with Crippen LogP contribution in [0, 0.1) is 0 Å². The molecule has 1 aliphatic rings. The number of thioether (sulfide) groups is 1. The third-order valence-electron chi connectivity index (χ3n) is 5.04. The third kappa shape index (κ3) is 5.03. The second-order valence-corrected chi connectivity index (χ2v) is 10.1. The molecule has 0 bridgehead atoms. The maximum atomic E-state index is 10.9. The van der Waals surface area contributed by atoms with E-state index in [-0.39, 0.29) is 10.8 Å². The Bertz CT molecular complexity index is 593. The Morgan fingerprint density at radius 1 is 0.960 bits per heavy atom. The summed E-state index contributed by atoms with van der Waals surface area (Å²) in [5.74, 6) is 0.446. The molecule has 1 aromatic rings. The molecule has 0 spiro atoms. The number of rotatable bonds is 2. The van der Waals surface area contributed by atoms with Gasteiger partial charge in [-0.3, -0.25) is 4.99 Å². The number of hydrogen-bond acceptors (Lipinski definition) is 3. The molecule has 3 heteroatoms. The highest BCUT2D eigenvalue weighted by Crippen LogP contribution is 2.40. The standard InChI is InChI=1S/C22H35NOS/c1-21(2,3)17-13-15(14-18(19(17)24)22(4,5)6)20(25-7)23-16-11-9-8-10-12-16/h13-14,16,24H,8-12H2,1-7H3. The summed E-state index contributed by atoms with van der Waals surface area (Å²) in [5, 5.41) is 12.0. The minimum atomic E-state index is -0.103. The number of phenolic OH excluding ortho intramolecular Hbond substituents is 1. The molecule has 0 aromatic heterocycles. The molecule has 1 fully saturated rings. The molecule has 0 unspecified atom stereocenters. The molecule has 0 radical (unpaired) electrons. The van der Waals surface area contributed by atoms with Gasteiger partial charge in [-0.1, -0.05) is 60.8 Å². The normalized spacial score (nSPS) is 17.8. The van der Waals surface area contributed by atoms with Gasteiger partial charge in [0.2, 0.25) is 0 Å². The minimum Gasteiger partial charge on any atom is -0.507 e. The van der Waals surface area contributed by atoms with Gasteiger partial charge in [0.1, 0.15) is 5.75 Å². The highest BCUT2D eigenvalue weighted by atomic mass is 32.2. The van der Waals surface area contributed by atoms with Crippen molar-refractivity contribution < 1.29 is 5.11 Å². The predicted molar refractivity (Wildman–Crippen MR) is 112 cm³/mol. The van der Waals surface area contributed by atoms with E-state index in [9.17, 15) is 5.11 Å². The lowest BCUT2D eigenvalue weighted by Gasteiger charge is -2.28. The van der Waals surface area contributed by atoms with Crippen molar-refractivity contribution in [2.24, 2.45) is 4.99 Å². The Morgan fingerprint density at radius 3 is 1.84 bits per heavy atom. The molecule has 1 saturated carbocycles. The number of benzene rings is 1. The van der Waals surface area contributed by atoms with Crippen LogP contribution in [0.2, 0.25) is 0 Å². The monoisotopic (exact) mass is 361 g/mol. The summed E-state index contributed by atoms with van der Waals surface area (Å²) in [7, 11) is 0. The van der Waals surface area contributed by atoms with Gasteiger partial charge < -0.3 is 5.11 Å². The minimum absolute atomic E-state index is 0.103. The van der Waals surface area contributed by atoms with Gasteiger partial charge in [0.15, 0.2) is 0 Å². The van der Waals surface area contributed by atoms with Crippen LogP contribution in [-0.2, 0) is 10.8 Å². The van der Waals surface area contributed by atoms with Crippen molar-refractivity contribution in [1.82, 2.24) is 0 Å². The van der Waals surface area contributed by atoms with Gasteiger partial charge in [0.05, 0.1) is 11.1 Å². The molecule has 25 heavy (non-hydrogen) atoms. The Balaban J connectivity index is 2.56. The Morgan fingerprint density at radius 2 is 1.44 bits per heavy atom. The second-order valence-electron chi connectivity index (χ2n) is 9.35. The fourth-order valence-electron chi connectivity index (χ4n) is 3.52. The first-order chi connectivity index (χ1) is 11.5. The van der Waals surface area contributed by atoms with Crippen molar-refractivity contribution in [2.45, 2.75) is 90.5 Å². The van der Waals surface area contributed by atoms with Crippen LogP contribution >= 0.6 is 11.8 Å². The number of hydrogen-bond donors (Lipinski definition) is 1. The molecule has 1 aromatic carbocycles. The summed E-state index contributed by atoms with van der Waals surface area (Å²) in [6.45, 7) is 13.0. The summed E-state index contributed by atoms with van der Waals surface area (Å²) in [6, 6.07) is 4.77. The third-order valence-corrected chi connectivity index (χ3v) is 5.77. The Hall–Kier alpha value is -0.960. The van der Waals surface area contributed by atoms with Gasteiger partial charge in [-0.25, -0.2) is 0 Å². The summed E-state index contributed by atoms with van der Waals surface area (Å²) in [5.41, 5.74) is 2.98.